The normalized spacial score (nSPS) is 38.7. The summed E-state index contributed by atoms with van der Waals surface area (Å²) in [6.45, 7) is 7.07. The first-order valence-corrected chi connectivity index (χ1v) is 7.24. The highest BCUT2D eigenvalue weighted by Crippen LogP contribution is 2.63. The topological polar surface area (TPSA) is 72.8 Å². The number of carbonyl (C=O) groups is 2. The third-order valence-electron chi connectivity index (χ3n) is 5.45. The lowest BCUT2D eigenvalue weighted by molar-refractivity contribution is -0.156. The third-order valence-corrected chi connectivity index (χ3v) is 5.45. The van der Waals surface area contributed by atoms with E-state index in [-0.39, 0.29) is 29.8 Å². The highest BCUT2D eigenvalue weighted by Gasteiger charge is 2.69. The van der Waals surface area contributed by atoms with Gasteiger partial charge in [-0.25, -0.2) is 9.59 Å². The van der Waals surface area contributed by atoms with Crippen LogP contribution in [0.5, 0.6) is 0 Å². The van der Waals surface area contributed by atoms with Gasteiger partial charge in [0.05, 0.1) is 11.0 Å². The smallest absolute Gasteiger partial charge is 0.338 e. The molecular weight excluding hydrogens is 272 g/mol. The number of rotatable bonds is 2. The van der Waals surface area contributed by atoms with Crippen molar-refractivity contribution >= 4 is 11.9 Å². The van der Waals surface area contributed by atoms with Crippen LogP contribution in [0.4, 0.5) is 0 Å². The predicted octanol–water partition coefficient (Wildman–Crippen LogP) is 2.42. The summed E-state index contributed by atoms with van der Waals surface area (Å²) in [5.41, 5.74) is -0.0565. The fourth-order valence-corrected chi connectivity index (χ4v) is 3.92. The lowest BCUT2D eigenvalue weighted by Crippen LogP contribution is -2.51. The maximum absolute atomic E-state index is 12.1. The number of allylic oxidation sites excluding steroid dienone is 1. The molecule has 0 aromatic heterocycles. The van der Waals surface area contributed by atoms with Gasteiger partial charge < -0.3 is 14.6 Å². The van der Waals surface area contributed by atoms with E-state index in [9.17, 15) is 14.7 Å². The monoisotopic (exact) mass is 292 g/mol. The molecule has 0 aromatic rings. The van der Waals surface area contributed by atoms with Gasteiger partial charge in [-0.15, -0.1) is 0 Å². The van der Waals surface area contributed by atoms with Crippen molar-refractivity contribution in [3.8, 4) is 0 Å². The first-order valence-electron chi connectivity index (χ1n) is 7.24. The number of cyclic esters (lactones) is 2. The van der Waals surface area contributed by atoms with Crippen LogP contribution in [-0.2, 0) is 19.1 Å². The lowest BCUT2D eigenvalue weighted by Gasteiger charge is -2.43. The summed E-state index contributed by atoms with van der Waals surface area (Å²) in [6.07, 6.45) is 1.87. The fourth-order valence-electron chi connectivity index (χ4n) is 3.92. The Kier molecular flexibility index (Phi) is 2.78. The van der Waals surface area contributed by atoms with Crippen molar-refractivity contribution in [2.45, 2.75) is 46.1 Å². The van der Waals surface area contributed by atoms with E-state index in [0.29, 0.717) is 5.57 Å². The number of aliphatic hydroxyl groups excluding tert-OH is 1. The molecule has 21 heavy (non-hydrogen) atoms. The van der Waals surface area contributed by atoms with Crippen molar-refractivity contribution in [1.82, 2.24) is 0 Å². The summed E-state index contributed by atoms with van der Waals surface area (Å²) in [6, 6.07) is 0. The molecule has 0 amide bonds. The van der Waals surface area contributed by atoms with Crippen LogP contribution in [0.3, 0.4) is 0 Å². The van der Waals surface area contributed by atoms with Gasteiger partial charge in [-0.05, 0) is 52.0 Å². The molecule has 0 bridgehead atoms. The molecule has 0 radical (unpaired) electrons. The lowest BCUT2D eigenvalue weighted by atomic mass is 9.62. The van der Waals surface area contributed by atoms with Crippen LogP contribution in [0.25, 0.3) is 0 Å². The molecule has 2 atom stereocenters. The molecule has 1 aliphatic carbocycles. The summed E-state index contributed by atoms with van der Waals surface area (Å²) in [5.74, 6) is -0.723. The van der Waals surface area contributed by atoms with Gasteiger partial charge in [0.1, 0.15) is 18.0 Å². The highest BCUT2D eigenvalue weighted by atomic mass is 16.6. The zero-order valence-electron chi connectivity index (χ0n) is 12.8. The van der Waals surface area contributed by atoms with E-state index >= 15 is 0 Å². The van der Waals surface area contributed by atoms with Crippen molar-refractivity contribution in [2.75, 3.05) is 6.61 Å². The zero-order chi connectivity index (χ0) is 15.6. The molecule has 2 aliphatic heterocycles. The summed E-state index contributed by atoms with van der Waals surface area (Å²) in [7, 11) is 0. The first kappa shape index (κ1) is 14.2. The Morgan fingerprint density at radius 1 is 1.24 bits per heavy atom. The van der Waals surface area contributed by atoms with Crippen LogP contribution in [0.1, 0.15) is 40.5 Å². The molecule has 2 fully saturated rings. The largest absolute Gasteiger partial charge is 0.512 e. The second-order valence-corrected chi connectivity index (χ2v) is 6.45. The molecule has 2 heterocycles. The molecule has 114 valence electrons. The Morgan fingerprint density at radius 3 is 2.29 bits per heavy atom. The van der Waals surface area contributed by atoms with E-state index in [1.165, 1.54) is 6.92 Å². The van der Waals surface area contributed by atoms with Gasteiger partial charge >= 0.3 is 11.9 Å². The summed E-state index contributed by atoms with van der Waals surface area (Å²) < 4.78 is 11.0. The maximum Gasteiger partial charge on any atom is 0.338 e. The highest BCUT2D eigenvalue weighted by molar-refractivity contribution is 5.96. The number of esters is 2. The van der Waals surface area contributed by atoms with Gasteiger partial charge in [-0.2, -0.15) is 0 Å². The van der Waals surface area contributed by atoms with Gasteiger partial charge in [-0.1, -0.05) is 0 Å². The SMILES string of the molecule is CC1=C(C)C(C)([C@]2(C3CC3)COC(=O)/C2=C(/C)O)OC1=O. The molecule has 5 nitrogen and oxygen atoms in total. The van der Waals surface area contributed by atoms with E-state index in [2.05, 4.69) is 0 Å². The zero-order valence-corrected chi connectivity index (χ0v) is 12.8. The standard InChI is InChI=1S/C16H20O5/c1-8-9(2)15(4,21-13(8)18)16(11-5-6-11)7-20-14(19)12(16)10(3)17/h11,17H,5-7H2,1-4H3/b12-10+/t15?,16-/m0/s1. The summed E-state index contributed by atoms with van der Waals surface area (Å²) in [5, 5.41) is 10.0. The summed E-state index contributed by atoms with van der Waals surface area (Å²) in [4.78, 5) is 24.2. The number of aliphatic hydroxyl groups is 1. The molecule has 1 N–H and O–H groups in total. The Balaban J connectivity index is 2.23. The Hall–Kier alpha value is -1.78. The van der Waals surface area contributed by atoms with Crippen LogP contribution in [-0.4, -0.2) is 29.3 Å². The number of hydrogen-bond donors (Lipinski definition) is 1. The van der Waals surface area contributed by atoms with Crippen molar-refractivity contribution in [3.63, 3.8) is 0 Å². The van der Waals surface area contributed by atoms with Crippen molar-refractivity contribution in [2.24, 2.45) is 11.3 Å². The van der Waals surface area contributed by atoms with Crippen LogP contribution in [0.2, 0.25) is 0 Å². The minimum atomic E-state index is -0.944. The molecule has 0 aromatic carbocycles. The molecule has 3 aliphatic rings. The molecule has 5 heteroatoms. The van der Waals surface area contributed by atoms with E-state index in [4.69, 9.17) is 9.47 Å². The van der Waals surface area contributed by atoms with E-state index in [0.717, 1.165) is 18.4 Å². The first-order chi connectivity index (χ1) is 9.75. The quantitative estimate of drug-likeness (QED) is 0.481. The van der Waals surface area contributed by atoms with Crippen LogP contribution in [0.15, 0.2) is 22.5 Å². The van der Waals surface area contributed by atoms with Gasteiger partial charge in [-0.3, -0.25) is 0 Å². The van der Waals surface area contributed by atoms with Gasteiger partial charge in [0.25, 0.3) is 0 Å². The van der Waals surface area contributed by atoms with Crippen LogP contribution < -0.4 is 0 Å². The Morgan fingerprint density at radius 2 is 1.86 bits per heavy atom. The second kappa shape index (κ2) is 4.12. The number of carbonyl (C=O) groups excluding carboxylic acids is 2. The molecular formula is C16H20O5. The average molecular weight is 292 g/mol. The Labute approximate surface area is 123 Å². The second-order valence-electron chi connectivity index (χ2n) is 6.45. The van der Waals surface area contributed by atoms with Crippen molar-refractivity contribution < 1.29 is 24.2 Å². The molecule has 1 unspecified atom stereocenters. The Bertz CT molecular complexity index is 606. The van der Waals surface area contributed by atoms with Crippen molar-refractivity contribution in [3.05, 3.63) is 22.5 Å². The molecule has 1 saturated carbocycles. The molecule has 0 spiro atoms. The molecule has 1 saturated heterocycles. The van der Waals surface area contributed by atoms with Crippen LogP contribution >= 0.6 is 0 Å². The minimum Gasteiger partial charge on any atom is -0.512 e. The third kappa shape index (κ3) is 1.57. The molecule has 3 rings (SSSR count). The summed E-state index contributed by atoms with van der Waals surface area (Å²) >= 11 is 0. The number of hydrogen-bond acceptors (Lipinski definition) is 5. The van der Waals surface area contributed by atoms with Crippen molar-refractivity contribution in [1.29, 1.82) is 0 Å². The van der Waals surface area contributed by atoms with E-state index in [1.54, 1.807) is 6.92 Å². The van der Waals surface area contributed by atoms with Gasteiger partial charge in [0.15, 0.2) is 0 Å². The van der Waals surface area contributed by atoms with Gasteiger partial charge in [0.2, 0.25) is 0 Å². The minimum absolute atomic E-state index is 0.0426. The average Bonchev–Trinajstić information content (AvgIpc) is 3.16. The predicted molar refractivity (Wildman–Crippen MR) is 74.3 cm³/mol. The fraction of sp³-hybridized carbons (Fsp3) is 0.625. The van der Waals surface area contributed by atoms with Crippen LogP contribution in [0, 0.1) is 11.3 Å². The number of ether oxygens (including phenoxy) is 2. The van der Waals surface area contributed by atoms with E-state index < -0.39 is 17.0 Å². The van der Waals surface area contributed by atoms with E-state index in [1.807, 2.05) is 13.8 Å². The maximum atomic E-state index is 12.1. The van der Waals surface area contributed by atoms with Gasteiger partial charge in [0, 0.05) is 5.57 Å².